The lowest BCUT2D eigenvalue weighted by molar-refractivity contribution is 0.144. The average molecular weight is 375 g/mol. The third kappa shape index (κ3) is 6.27. The van der Waals surface area contributed by atoms with E-state index in [2.05, 4.69) is 29.1 Å². The van der Waals surface area contributed by atoms with Crippen LogP contribution >= 0.6 is 0 Å². The molecule has 0 amide bonds. The fraction of sp³-hybridized carbons (Fsp3) is 0.429. The molecule has 1 heterocycles. The Labute approximate surface area is 159 Å². The average Bonchev–Trinajstić information content (AvgIpc) is 2.62. The van der Waals surface area contributed by atoms with Crippen molar-refractivity contribution in [2.45, 2.75) is 19.5 Å². The van der Waals surface area contributed by atoms with Crippen LogP contribution in [0.2, 0.25) is 0 Å². The number of nitrogens with one attached hydrogen (secondary N) is 1. The van der Waals surface area contributed by atoms with Crippen LogP contribution in [0.1, 0.15) is 12.5 Å². The first-order valence-electron chi connectivity index (χ1n) is 9.35. The molecule has 1 atom stereocenters. The van der Waals surface area contributed by atoms with Crippen molar-refractivity contribution in [3.05, 3.63) is 59.7 Å². The monoisotopic (exact) mass is 375 g/mol. The van der Waals surface area contributed by atoms with Crippen molar-refractivity contribution in [3.63, 3.8) is 0 Å². The van der Waals surface area contributed by atoms with E-state index in [-0.39, 0.29) is 5.75 Å². The molecule has 0 saturated carbocycles. The highest BCUT2D eigenvalue weighted by molar-refractivity contribution is 5.33. The number of likely N-dealkylation sites (N-methyl/N-ethyl adjacent to an activating group) is 1. The van der Waals surface area contributed by atoms with Gasteiger partial charge in [-0.05, 0) is 31.7 Å². The van der Waals surface area contributed by atoms with Crippen molar-refractivity contribution in [1.29, 1.82) is 0 Å². The van der Waals surface area contributed by atoms with E-state index in [0.717, 1.165) is 50.9 Å². The predicted octanol–water partition coefficient (Wildman–Crippen LogP) is 3.48. The highest BCUT2D eigenvalue weighted by Gasteiger charge is 2.15. The third-order valence-corrected chi connectivity index (χ3v) is 4.78. The zero-order valence-corrected chi connectivity index (χ0v) is 15.9. The van der Waals surface area contributed by atoms with Crippen molar-refractivity contribution in [2.75, 3.05) is 39.8 Å². The minimum absolute atomic E-state index is 0.152. The van der Waals surface area contributed by atoms with Crippen molar-refractivity contribution in [3.8, 4) is 11.5 Å². The Morgan fingerprint density at radius 2 is 1.59 bits per heavy atom. The van der Waals surface area contributed by atoms with Crippen LogP contribution in [-0.2, 0) is 6.54 Å². The molecule has 3 rings (SSSR count). The van der Waals surface area contributed by atoms with Crippen molar-refractivity contribution in [1.82, 2.24) is 15.1 Å². The Morgan fingerprint density at radius 3 is 2.22 bits per heavy atom. The van der Waals surface area contributed by atoms with E-state index in [1.165, 1.54) is 12.1 Å². The van der Waals surface area contributed by atoms with Crippen LogP contribution in [0.5, 0.6) is 11.5 Å². The molecule has 27 heavy (non-hydrogen) atoms. The molecule has 2 aromatic rings. The molecule has 6 heteroatoms. The predicted molar refractivity (Wildman–Crippen MR) is 103 cm³/mol. The smallest absolute Gasteiger partial charge is 0.133 e. The minimum atomic E-state index is -0.653. The second-order valence-electron chi connectivity index (χ2n) is 7.24. The molecule has 1 unspecified atom stereocenters. The summed E-state index contributed by atoms with van der Waals surface area (Å²) in [5.41, 5.74) is 1.14. The maximum absolute atomic E-state index is 13.2. The number of hydrogen-bond donors (Lipinski definition) is 1. The van der Waals surface area contributed by atoms with Gasteiger partial charge in [-0.1, -0.05) is 12.1 Å². The maximum atomic E-state index is 13.2. The van der Waals surface area contributed by atoms with E-state index >= 15 is 0 Å². The van der Waals surface area contributed by atoms with Crippen LogP contribution in [-0.4, -0.2) is 55.6 Å². The molecule has 1 aliphatic heterocycles. The molecule has 146 valence electrons. The van der Waals surface area contributed by atoms with Gasteiger partial charge in [-0.25, -0.2) is 8.78 Å². The number of hydrogen-bond acceptors (Lipinski definition) is 4. The van der Waals surface area contributed by atoms with Gasteiger partial charge in [-0.15, -0.1) is 0 Å². The Bertz CT molecular complexity index is 710. The van der Waals surface area contributed by atoms with Crippen molar-refractivity contribution >= 4 is 0 Å². The van der Waals surface area contributed by atoms with E-state index in [0.29, 0.717) is 11.8 Å². The van der Waals surface area contributed by atoms with Crippen LogP contribution in [0.3, 0.4) is 0 Å². The summed E-state index contributed by atoms with van der Waals surface area (Å²) >= 11 is 0. The first-order chi connectivity index (χ1) is 13.0. The fourth-order valence-electron chi connectivity index (χ4n) is 3.17. The van der Waals surface area contributed by atoms with Crippen LogP contribution in [0.15, 0.2) is 42.5 Å². The minimum Gasteiger partial charge on any atom is -0.457 e. The summed E-state index contributed by atoms with van der Waals surface area (Å²) in [6, 6.07) is 11.1. The molecule has 1 aliphatic rings. The zero-order valence-electron chi connectivity index (χ0n) is 15.9. The molecule has 0 aromatic heterocycles. The van der Waals surface area contributed by atoms with Crippen molar-refractivity contribution < 1.29 is 13.5 Å². The normalized spacial score (nSPS) is 17.0. The highest BCUT2D eigenvalue weighted by Crippen LogP contribution is 2.23. The lowest BCUT2D eigenvalue weighted by Gasteiger charge is -2.34. The first kappa shape index (κ1) is 19.7. The van der Waals surface area contributed by atoms with E-state index in [1.807, 2.05) is 24.3 Å². The number of ether oxygens (including phenoxy) is 1. The Kier molecular flexibility index (Phi) is 6.77. The van der Waals surface area contributed by atoms with Crippen molar-refractivity contribution in [2.24, 2.45) is 0 Å². The maximum Gasteiger partial charge on any atom is 0.133 e. The SMILES string of the molecule is CC(CN1CCN(C)CC1)NCc1ccc(Oc2cc(F)cc(F)c2)cc1. The molecule has 2 aromatic carbocycles. The van der Waals surface area contributed by atoms with E-state index < -0.39 is 11.6 Å². The van der Waals surface area contributed by atoms with Gasteiger partial charge >= 0.3 is 0 Å². The van der Waals surface area contributed by atoms with Crippen LogP contribution in [0.25, 0.3) is 0 Å². The van der Waals surface area contributed by atoms with Gasteiger partial charge in [0.05, 0.1) is 0 Å². The molecule has 1 N–H and O–H groups in total. The van der Waals surface area contributed by atoms with Gasteiger partial charge in [0.25, 0.3) is 0 Å². The molecular formula is C21H27F2N3O. The van der Waals surface area contributed by atoms with Crippen LogP contribution < -0.4 is 10.1 Å². The molecule has 0 radical (unpaired) electrons. The van der Waals surface area contributed by atoms with E-state index in [4.69, 9.17) is 4.74 Å². The summed E-state index contributed by atoms with van der Waals surface area (Å²) in [7, 11) is 2.16. The lowest BCUT2D eigenvalue weighted by Crippen LogP contribution is -2.48. The third-order valence-electron chi connectivity index (χ3n) is 4.78. The number of rotatable bonds is 7. The summed E-state index contributed by atoms with van der Waals surface area (Å²) in [6.07, 6.45) is 0. The summed E-state index contributed by atoms with van der Waals surface area (Å²) in [5, 5.41) is 3.55. The molecule has 0 bridgehead atoms. The van der Waals surface area contributed by atoms with Crippen LogP contribution in [0, 0.1) is 11.6 Å². The van der Waals surface area contributed by atoms with Gasteiger partial charge in [-0.2, -0.15) is 0 Å². The first-order valence-corrected chi connectivity index (χ1v) is 9.35. The standard InChI is InChI=1S/C21H27F2N3O/c1-16(15-26-9-7-25(2)8-10-26)24-14-17-3-5-20(6-4-17)27-21-12-18(22)11-19(23)13-21/h3-6,11-13,16,24H,7-10,14-15H2,1-2H3. The summed E-state index contributed by atoms with van der Waals surface area (Å²) < 4.78 is 32.0. The Balaban J connectivity index is 1.46. The summed E-state index contributed by atoms with van der Waals surface area (Å²) in [4.78, 5) is 4.85. The molecular weight excluding hydrogens is 348 g/mol. The number of benzene rings is 2. The van der Waals surface area contributed by atoms with Gasteiger partial charge in [0, 0.05) is 63.5 Å². The van der Waals surface area contributed by atoms with Gasteiger partial charge in [0.1, 0.15) is 23.1 Å². The zero-order chi connectivity index (χ0) is 19.2. The lowest BCUT2D eigenvalue weighted by atomic mass is 10.2. The molecule has 1 fully saturated rings. The topological polar surface area (TPSA) is 27.7 Å². The summed E-state index contributed by atoms with van der Waals surface area (Å²) in [6.45, 7) is 8.51. The second kappa shape index (κ2) is 9.26. The molecule has 0 spiro atoms. The van der Waals surface area contributed by atoms with E-state index in [9.17, 15) is 8.78 Å². The van der Waals surface area contributed by atoms with Gasteiger partial charge in [0.15, 0.2) is 0 Å². The quantitative estimate of drug-likeness (QED) is 0.802. The molecule has 4 nitrogen and oxygen atoms in total. The van der Waals surface area contributed by atoms with Crippen LogP contribution in [0.4, 0.5) is 8.78 Å². The Morgan fingerprint density at radius 1 is 0.963 bits per heavy atom. The van der Waals surface area contributed by atoms with Gasteiger partial charge < -0.3 is 15.0 Å². The van der Waals surface area contributed by atoms with E-state index in [1.54, 1.807) is 0 Å². The largest absolute Gasteiger partial charge is 0.457 e. The molecule has 1 saturated heterocycles. The number of halogens is 2. The fourth-order valence-corrected chi connectivity index (χ4v) is 3.17. The van der Waals surface area contributed by atoms with Gasteiger partial charge in [0.2, 0.25) is 0 Å². The second-order valence-corrected chi connectivity index (χ2v) is 7.24. The number of piperazine rings is 1. The van der Waals surface area contributed by atoms with Gasteiger partial charge in [-0.3, -0.25) is 4.90 Å². The molecule has 0 aliphatic carbocycles. The number of nitrogens with zero attached hydrogens (tertiary/aromatic N) is 2. The summed E-state index contributed by atoms with van der Waals surface area (Å²) in [5.74, 6) is -0.603. The highest BCUT2D eigenvalue weighted by atomic mass is 19.1. The Hall–Kier alpha value is -2.02.